The van der Waals surface area contributed by atoms with E-state index in [2.05, 4.69) is 18.7 Å². The molecule has 4 heteroatoms. The molecule has 0 aliphatic heterocycles. The van der Waals surface area contributed by atoms with Gasteiger partial charge < -0.3 is 9.47 Å². The van der Waals surface area contributed by atoms with Crippen LogP contribution in [-0.4, -0.2) is 50.3 Å². The van der Waals surface area contributed by atoms with Gasteiger partial charge in [-0.25, -0.2) is 0 Å². The van der Waals surface area contributed by atoms with Crippen molar-refractivity contribution in [2.24, 2.45) is 0 Å². The van der Waals surface area contributed by atoms with Crippen molar-refractivity contribution in [3.8, 4) is 0 Å². The summed E-state index contributed by atoms with van der Waals surface area (Å²) in [5, 5.41) is 0. The Morgan fingerprint density at radius 2 is 2.00 bits per heavy atom. The van der Waals surface area contributed by atoms with Gasteiger partial charge in [-0.1, -0.05) is 26.7 Å². The zero-order valence-electron chi connectivity index (χ0n) is 11.7. The molecule has 0 aromatic heterocycles. The molecular weight excluding hydrogens is 218 g/mol. The number of likely N-dealkylation sites (N-methyl/N-ethyl adjacent to an activating group) is 1. The number of hydrogen-bond donors (Lipinski definition) is 0. The van der Waals surface area contributed by atoms with Crippen molar-refractivity contribution in [1.29, 1.82) is 0 Å². The fraction of sp³-hybridized carbons (Fsp3) is 0.923. The molecule has 0 heterocycles. The summed E-state index contributed by atoms with van der Waals surface area (Å²) in [4.78, 5) is 13.9. The first-order chi connectivity index (χ1) is 8.21. The lowest BCUT2D eigenvalue weighted by Gasteiger charge is -2.28. The maximum atomic E-state index is 11.7. The van der Waals surface area contributed by atoms with Crippen LogP contribution >= 0.6 is 0 Å². The summed E-state index contributed by atoms with van der Waals surface area (Å²) < 4.78 is 10.2. The Hall–Kier alpha value is -0.610. The summed E-state index contributed by atoms with van der Waals surface area (Å²) in [5.74, 6) is -0.128. The molecule has 17 heavy (non-hydrogen) atoms. The quantitative estimate of drug-likeness (QED) is 0.436. The Balaban J connectivity index is 4.32. The second-order valence-electron chi connectivity index (χ2n) is 4.01. The van der Waals surface area contributed by atoms with Crippen molar-refractivity contribution in [1.82, 2.24) is 4.90 Å². The van der Waals surface area contributed by atoms with E-state index in [1.807, 2.05) is 6.92 Å². The first-order valence-corrected chi connectivity index (χ1v) is 6.60. The predicted molar refractivity (Wildman–Crippen MR) is 69.1 cm³/mol. The fourth-order valence-electron chi connectivity index (χ4n) is 1.84. The van der Waals surface area contributed by atoms with E-state index in [-0.39, 0.29) is 12.0 Å². The third-order valence-electron chi connectivity index (χ3n) is 2.88. The average Bonchev–Trinajstić information content (AvgIpc) is 2.36. The SMILES string of the molecule is CCCCC(C(=O)OC)N(CC)CCOCC. The molecule has 0 saturated carbocycles. The van der Waals surface area contributed by atoms with Gasteiger partial charge in [-0.05, 0) is 19.9 Å². The van der Waals surface area contributed by atoms with Gasteiger partial charge in [0.1, 0.15) is 6.04 Å². The van der Waals surface area contributed by atoms with Crippen LogP contribution < -0.4 is 0 Å². The van der Waals surface area contributed by atoms with E-state index >= 15 is 0 Å². The number of rotatable bonds is 10. The Morgan fingerprint density at radius 3 is 2.47 bits per heavy atom. The van der Waals surface area contributed by atoms with Gasteiger partial charge in [-0.2, -0.15) is 0 Å². The molecule has 0 fully saturated rings. The smallest absolute Gasteiger partial charge is 0.323 e. The molecule has 1 atom stereocenters. The van der Waals surface area contributed by atoms with E-state index in [0.29, 0.717) is 6.61 Å². The molecule has 4 nitrogen and oxygen atoms in total. The largest absolute Gasteiger partial charge is 0.468 e. The second kappa shape index (κ2) is 10.5. The molecule has 102 valence electrons. The van der Waals surface area contributed by atoms with E-state index in [1.54, 1.807) is 0 Å². The van der Waals surface area contributed by atoms with Crippen molar-refractivity contribution < 1.29 is 14.3 Å². The monoisotopic (exact) mass is 245 g/mol. The van der Waals surface area contributed by atoms with E-state index in [1.165, 1.54) is 7.11 Å². The van der Waals surface area contributed by atoms with Crippen LogP contribution in [0.2, 0.25) is 0 Å². The third-order valence-corrected chi connectivity index (χ3v) is 2.88. The predicted octanol–water partition coefficient (Wildman–Crippen LogP) is 2.08. The second-order valence-corrected chi connectivity index (χ2v) is 4.01. The van der Waals surface area contributed by atoms with E-state index < -0.39 is 0 Å². The van der Waals surface area contributed by atoms with Crippen molar-refractivity contribution >= 4 is 5.97 Å². The normalized spacial score (nSPS) is 12.8. The highest BCUT2D eigenvalue weighted by molar-refractivity contribution is 5.75. The zero-order chi connectivity index (χ0) is 13.1. The summed E-state index contributed by atoms with van der Waals surface area (Å²) in [6.07, 6.45) is 3.00. The van der Waals surface area contributed by atoms with Crippen molar-refractivity contribution in [3.63, 3.8) is 0 Å². The Bertz CT molecular complexity index is 197. The summed E-state index contributed by atoms with van der Waals surface area (Å²) >= 11 is 0. The maximum absolute atomic E-state index is 11.7. The van der Waals surface area contributed by atoms with Gasteiger partial charge in [0, 0.05) is 13.2 Å². The van der Waals surface area contributed by atoms with E-state index in [4.69, 9.17) is 9.47 Å². The number of carbonyl (C=O) groups excluding carboxylic acids is 1. The maximum Gasteiger partial charge on any atom is 0.323 e. The van der Waals surface area contributed by atoms with Crippen LogP contribution in [0.1, 0.15) is 40.0 Å². The average molecular weight is 245 g/mol. The number of carbonyl (C=O) groups is 1. The number of esters is 1. The minimum Gasteiger partial charge on any atom is -0.468 e. The number of nitrogens with zero attached hydrogens (tertiary/aromatic N) is 1. The first-order valence-electron chi connectivity index (χ1n) is 6.60. The Labute approximate surface area is 105 Å². The van der Waals surface area contributed by atoms with Crippen molar-refractivity contribution in [2.45, 2.75) is 46.1 Å². The van der Waals surface area contributed by atoms with Crippen LogP contribution in [-0.2, 0) is 14.3 Å². The molecule has 0 radical (unpaired) electrons. The van der Waals surface area contributed by atoms with Crippen LogP contribution in [0.15, 0.2) is 0 Å². The van der Waals surface area contributed by atoms with Gasteiger partial charge in [-0.3, -0.25) is 9.69 Å². The molecule has 1 unspecified atom stereocenters. The lowest BCUT2D eigenvalue weighted by molar-refractivity contribution is -0.147. The summed E-state index contributed by atoms with van der Waals surface area (Å²) in [7, 11) is 1.46. The van der Waals surface area contributed by atoms with Gasteiger partial charge in [0.2, 0.25) is 0 Å². The molecule has 0 amide bonds. The highest BCUT2D eigenvalue weighted by atomic mass is 16.5. The molecule has 0 aromatic rings. The van der Waals surface area contributed by atoms with E-state index in [9.17, 15) is 4.79 Å². The third kappa shape index (κ3) is 6.64. The lowest BCUT2D eigenvalue weighted by atomic mass is 10.1. The first kappa shape index (κ1) is 16.4. The van der Waals surface area contributed by atoms with Crippen LogP contribution in [0.25, 0.3) is 0 Å². The van der Waals surface area contributed by atoms with Crippen LogP contribution in [0.3, 0.4) is 0 Å². The number of methoxy groups -OCH3 is 1. The summed E-state index contributed by atoms with van der Waals surface area (Å²) in [6.45, 7) is 9.19. The van der Waals surface area contributed by atoms with Gasteiger partial charge >= 0.3 is 5.97 Å². The molecule has 0 bridgehead atoms. The lowest BCUT2D eigenvalue weighted by Crippen LogP contribution is -2.43. The van der Waals surface area contributed by atoms with Crippen molar-refractivity contribution in [3.05, 3.63) is 0 Å². The minimum absolute atomic E-state index is 0.120. The molecular formula is C13H27NO3. The number of hydrogen-bond acceptors (Lipinski definition) is 4. The molecule has 0 saturated heterocycles. The topological polar surface area (TPSA) is 38.8 Å². The molecule has 0 rings (SSSR count). The van der Waals surface area contributed by atoms with Gasteiger partial charge in [0.25, 0.3) is 0 Å². The van der Waals surface area contributed by atoms with E-state index in [0.717, 1.165) is 39.0 Å². The highest BCUT2D eigenvalue weighted by Gasteiger charge is 2.24. The van der Waals surface area contributed by atoms with Crippen molar-refractivity contribution in [2.75, 3.05) is 33.4 Å². The molecule has 0 aromatic carbocycles. The summed E-state index contributed by atoms with van der Waals surface area (Å²) in [5.41, 5.74) is 0. The molecule has 0 aliphatic carbocycles. The van der Waals surface area contributed by atoms with Gasteiger partial charge in [-0.15, -0.1) is 0 Å². The number of ether oxygens (including phenoxy) is 2. The summed E-state index contributed by atoms with van der Waals surface area (Å²) in [6, 6.07) is -0.120. The van der Waals surface area contributed by atoms with Gasteiger partial charge in [0.15, 0.2) is 0 Å². The number of unbranched alkanes of at least 4 members (excludes halogenated alkanes) is 1. The highest BCUT2D eigenvalue weighted by Crippen LogP contribution is 2.10. The Kier molecular flexibility index (Phi) is 10.2. The van der Waals surface area contributed by atoms with Crippen LogP contribution in [0.4, 0.5) is 0 Å². The van der Waals surface area contributed by atoms with Crippen LogP contribution in [0, 0.1) is 0 Å². The molecule has 0 spiro atoms. The zero-order valence-corrected chi connectivity index (χ0v) is 11.7. The fourth-order valence-corrected chi connectivity index (χ4v) is 1.84. The van der Waals surface area contributed by atoms with Crippen LogP contribution in [0.5, 0.6) is 0 Å². The van der Waals surface area contributed by atoms with Gasteiger partial charge in [0.05, 0.1) is 13.7 Å². The molecule has 0 N–H and O–H groups in total. The molecule has 0 aliphatic rings. The standard InChI is InChI=1S/C13H27NO3/c1-5-8-9-12(13(15)16-4)14(6-2)10-11-17-7-3/h12H,5-11H2,1-4H3. The minimum atomic E-state index is -0.128. The Morgan fingerprint density at radius 1 is 1.29 bits per heavy atom.